The fraction of sp³-hybridized carbons (Fsp3) is 0.333. The number of likely N-dealkylation sites (tertiary alicyclic amines) is 1. The van der Waals surface area contributed by atoms with Gasteiger partial charge in [-0.3, -0.25) is 0 Å². The van der Waals surface area contributed by atoms with Crippen LogP contribution in [0.2, 0.25) is 0 Å². The predicted octanol–water partition coefficient (Wildman–Crippen LogP) is 5.16. The second-order valence-corrected chi connectivity index (χ2v) is 10.3. The molecule has 7 nitrogen and oxygen atoms in total. The second kappa shape index (κ2) is 9.51. The van der Waals surface area contributed by atoms with Gasteiger partial charge in [0.1, 0.15) is 18.0 Å². The summed E-state index contributed by atoms with van der Waals surface area (Å²) in [6.07, 6.45) is 8.53. The van der Waals surface area contributed by atoms with Gasteiger partial charge in [0.15, 0.2) is 5.65 Å². The summed E-state index contributed by atoms with van der Waals surface area (Å²) in [5.41, 5.74) is 10.6. The molecule has 0 saturated carbocycles. The minimum atomic E-state index is 0.426. The highest BCUT2D eigenvalue weighted by Gasteiger charge is 2.26. The molecule has 5 heterocycles. The number of anilines is 2. The van der Waals surface area contributed by atoms with E-state index >= 15 is 0 Å². The van der Waals surface area contributed by atoms with Gasteiger partial charge in [0.25, 0.3) is 0 Å². The van der Waals surface area contributed by atoms with Crippen LogP contribution >= 0.6 is 15.9 Å². The number of hydrogen-bond acceptors (Lipinski definition) is 7. The molecule has 0 amide bonds. The number of pyridine rings is 2. The molecule has 2 N–H and O–H groups in total. The van der Waals surface area contributed by atoms with Crippen molar-refractivity contribution in [1.82, 2.24) is 24.8 Å². The van der Waals surface area contributed by atoms with Crippen molar-refractivity contribution >= 4 is 38.6 Å². The minimum Gasteiger partial charge on any atom is -0.383 e. The van der Waals surface area contributed by atoms with Crippen molar-refractivity contribution in [3.8, 4) is 22.4 Å². The Balaban J connectivity index is 1.29. The first-order valence-electron chi connectivity index (χ1n) is 12.3. The van der Waals surface area contributed by atoms with E-state index in [9.17, 15) is 0 Å². The molecule has 8 heteroatoms. The van der Waals surface area contributed by atoms with E-state index < -0.39 is 0 Å². The first-order chi connectivity index (χ1) is 17.2. The predicted molar refractivity (Wildman–Crippen MR) is 144 cm³/mol. The van der Waals surface area contributed by atoms with E-state index in [2.05, 4.69) is 66.0 Å². The van der Waals surface area contributed by atoms with E-state index in [1.165, 1.54) is 45.1 Å². The molecule has 0 unspecified atom stereocenters. The van der Waals surface area contributed by atoms with Gasteiger partial charge >= 0.3 is 0 Å². The number of benzene rings is 1. The lowest BCUT2D eigenvalue weighted by Gasteiger charge is -2.37. The van der Waals surface area contributed by atoms with Gasteiger partial charge in [0.2, 0.25) is 0 Å². The molecule has 0 spiro atoms. The Bertz CT molecular complexity index is 1340. The van der Waals surface area contributed by atoms with Crippen molar-refractivity contribution < 1.29 is 0 Å². The number of hydrogen-bond donors (Lipinski definition) is 1. The van der Waals surface area contributed by atoms with Crippen LogP contribution in [0.4, 0.5) is 11.6 Å². The van der Waals surface area contributed by atoms with E-state index in [0.717, 1.165) is 57.2 Å². The maximum absolute atomic E-state index is 6.25. The minimum absolute atomic E-state index is 0.426. The largest absolute Gasteiger partial charge is 0.383 e. The van der Waals surface area contributed by atoms with Crippen molar-refractivity contribution in [2.45, 2.75) is 31.7 Å². The zero-order valence-electron chi connectivity index (χ0n) is 19.6. The number of aromatic nitrogens is 4. The molecule has 2 aliphatic heterocycles. The summed E-state index contributed by atoms with van der Waals surface area (Å²) in [5, 5.41) is 0.764. The van der Waals surface area contributed by atoms with Gasteiger partial charge in [-0.25, -0.2) is 19.9 Å². The fourth-order valence-corrected chi connectivity index (χ4v) is 5.81. The van der Waals surface area contributed by atoms with Crippen LogP contribution in [0, 0.1) is 0 Å². The normalized spacial score (nSPS) is 17.3. The maximum Gasteiger partial charge on any atom is 0.165 e. The van der Waals surface area contributed by atoms with Crippen molar-refractivity contribution in [3.63, 3.8) is 0 Å². The van der Waals surface area contributed by atoms with Gasteiger partial charge in [-0.1, -0.05) is 28.1 Å². The van der Waals surface area contributed by atoms with Crippen LogP contribution in [0.5, 0.6) is 0 Å². The molecule has 2 saturated heterocycles. The number of piperidine rings is 1. The summed E-state index contributed by atoms with van der Waals surface area (Å²) in [4.78, 5) is 23.3. The second-order valence-electron chi connectivity index (χ2n) is 9.39. The average molecular weight is 530 g/mol. The third-order valence-corrected chi connectivity index (χ3v) is 7.75. The lowest BCUT2D eigenvalue weighted by molar-refractivity contribution is 0.207. The monoisotopic (exact) mass is 529 g/mol. The standard InChI is InChI=1S/C27H28BrN7/c28-20-5-3-4-18(14-20)22-15-23(33-27-25(22)26(29)31-17-32-27)19-6-7-24(30-16-19)35-12-8-21(9-13-35)34-10-1-2-11-34/h3-7,14-17,21H,1-2,8-13H2,(H2,29,31,32,33). The van der Waals surface area contributed by atoms with Gasteiger partial charge in [-0.15, -0.1) is 0 Å². The van der Waals surface area contributed by atoms with Gasteiger partial charge in [-0.05, 0) is 80.2 Å². The van der Waals surface area contributed by atoms with Crippen LogP contribution in [0.15, 0.2) is 59.5 Å². The third kappa shape index (κ3) is 4.48. The highest BCUT2D eigenvalue weighted by Crippen LogP contribution is 2.35. The van der Waals surface area contributed by atoms with Gasteiger partial charge in [0, 0.05) is 35.4 Å². The number of fused-ring (bicyclic) bond motifs is 1. The van der Waals surface area contributed by atoms with E-state index in [1.807, 2.05) is 18.3 Å². The third-order valence-electron chi connectivity index (χ3n) is 7.26. The number of halogens is 1. The summed E-state index contributed by atoms with van der Waals surface area (Å²) in [5.74, 6) is 1.46. The van der Waals surface area contributed by atoms with E-state index in [-0.39, 0.29) is 0 Å². The maximum atomic E-state index is 6.25. The number of nitrogen functional groups attached to an aromatic ring is 1. The number of rotatable bonds is 4. The molecule has 0 atom stereocenters. The lowest BCUT2D eigenvalue weighted by atomic mass is 10.00. The van der Waals surface area contributed by atoms with Gasteiger partial charge in [0.05, 0.1) is 11.1 Å². The molecule has 4 aromatic rings. The molecule has 1 aromatic carbocycles. The van der Waals surface area contributed by atoms with Crippen LogP contribution in [0.1, 0.15) is 25.7 Å². The first-order valence-corrected chi connectivity index (χ1v) is 13.1. The molecule has 2 aliphatic rings. The van der Waals surface area contributed by atoms with E-state index in [0.29, 0.717) is 11.5 Å². The molecular weight excluding hydrogens is 502 g/mol. The molecule has 2 fully saturated rings. The van der Waals surface area contributed by atoms with Crippen molar-refractivity contribution in [2.75, 3.05) is 36.8 Å². The van der Waals surface area contributed by atoms with Crippen LogP contribution < -0.4 is 10.6 Å². The van der Waals surface area contributed by atoms with Crippen LogP contribution in [0.25, 0.3) is 33.4 Å². The average Bonchev–Trinajstić information content (AvgIpc) is 3.44. The van der Waals surface area contributed by atoms with Crippen LogP contribution in [0.3, 0.4) is 0 Å². The molecule has 35 heavy (non-hydrogen) atoms. The Morgan fingerprint density at radius 3 is 2.46 bits per heavy atom. The summed E-state index contributed by atoms with van der Waals surface area (Å²) in [7, 11) is 0. The molecule has 3 aromatic heterocycles. The first kappa shape index (κ1) is 22.4. The number of nitrogens with two attached hydrogens (primary N) is 1. The molecular formula is C27H28BrN7. The quantitative estimate of drug-likeness (QED) is 0.390. The lowest BCUT2D eigenvalue weighted by Crippen LogP contribution is -2.44. The highest BCUT2D eigenvalue weighted by atomic mass is 79.9. The van der Waals surface area contributed by atoms with E-state index in [4.69, 9.17) is 15.7 Å². The zero-order chi connectivity index (χ0) is 23.8. The zero-order valence-corrected chi connectivity index (χ0v) is 21.2. The summed E-state index contributed by atoms with van der Waals surface area (Å²) < 4.78 is 0.997. The molecule has 0 bridgehead atoms. The van der Waals surface area contributed by atoms with Gasteiger partial charge in [-0.2, -0.15) is 0 Å². The molecule has 178 valence electrons. The van der Waals surface area contributed by atoms with Crippen molar-refractivity contribution in [2.24, 2.45) is 0 Å². The Morgan fingerprint density at radius 2 is 1.71 bits per heavy atom. The Morgan fingerprint density at radius 1 is 0.886 bits per heavy atom. The Kier molecular flexibility index (Phi) is 6.08. The van der Waals surface area contributed by atoms with Crippen molar-refractivity contribution in [3.05, 3.63) is 59.5 Å². The molecule has 6 rings (SSSR count). The van der Waals surface area contributed by atoms with Crippen molar-refractivity contribution in [1.29, 1.82) is 0 Å². The summed E-state index contributed by atoms with van der Waals surface area (Å²) in [6.45, 7) is 4.67. The van der Waals surface area contributed by atoms with Gasteiger partial charge < -0.3 is 15.5 Å². The van der Waals surface area contributed by atoms with Crippen LogP contribution in [-0.4, -0.2) is 57.1 Å². The Labute approximate surface area is 213 Å². The smallest absolute Gasteiger partial charge is 0.165 e. The summed E-state index contributed by atoms with van der Waals surface area (Å²) >= 11 is 3.58. The van der Waals surface area contributed by atoms with E-state index in [1.54, 1.807) is 0 Å². The number of nitrogens with zero attached hydrogens (tertiary/aromatic N) is 6. The SMILES string of the molecule is Nc1ncnc2nc(-c3ccc(N4CCC(N5CCCC5)CC4)nc3)cc(-c3cccc(Br)c3)c12. The summed E-state index contributed by atoms with van der Waals surface area (Å²) in [6, 6.07) is 15.2. The molecule has 0 aliphatic carbocycles. The fourth-order valence-electron chi connectivity index (χ4n) is 5.41. The molecule has 0 radical (unpaired) electrons. The Hall–Kier alpha value is -3.10. The van der Waals surface area contributed by atoms with Crippen LogP contribution in [-0.2, 0) is 0 Å². The highest BCUT2D eigenvalue weighted by molar-refractivity contribution is 9.10. The topological polar surface area (TPSA) is 84.1 Å².